The Morgan fingerprint density at radius 2 is 1.00 bits per heavy atom. The number of hydrogen-bond donors (Lipinski definition) is 2. The van der Waals surface area contributed by atoms with Crippen LogP contribution in [0.3, 0.4) is 0 Å². The lowest BCUT2D eigenvalue weighted by atomic mass is 10.4. The molecule has 14 heavy (non-hydrogen) atoms. The van der Waals surface area contributed by atoms with E-state index in [4.69, 9.17) is 0 Å². The summed E-state index contributed by atoms with van der Waals surface area (Å²) in [5.74, 6) is 0. The fourth-order valence-electron chi connectivity index (χ4n) is 0.866. The highest BCUT2D eigenvalue weighted by molar-refractivity contribution is 4.49. The molecule has 0 aliphatic rings. The molecule has 0 saturated carbocycles. The zero-order valence-electron chi connectivity index (χ0n) is 11.0. The maximum atomic E-state index is 3.30. The second-order valence-electron chi connectivity index (χ2n) is 4.22. The molecule has 0 heterocycles. The van der Waals surface area contributed by atoms with Crippen molar-refractivity contribution in [3.63, 3.8) is 0 Å². The maximum Gasteiger partial charge on any atom is 0.00103 e. The van der Waals surface area contributed by atoms with Gasteiger partial charge in [0.15, 0.2) is 0 Å². The molecule has 0 spiro atoms. The third kappa shape index (κ3) is 22.7. The van der Waals surface area contributed by atoms with Crippen LogP contribution in [0.5, 0.6) is 0 Å². The van der Waals surface area contributed by atoms with Gasteiger partial charge in [-0.1, -0.05) is 41.5 Å². The Balaban J connectivity index is 0. The molecule has 0 aromatic heterocycles. The summed E-state index contributed by atoms with van der Waals surface area (Å²) in [5.41, 5.74) is 0. The van der Waals surface area contributed by atoms with Crippen molar-refractivity contribution >= 4 is 0 Å². The van der Waals surface area contributed by atoms with Crippen molar-refractivity contribution in [3.8, 4) is 0 Å². The summed E-state index contributed by atoms with van der Waals surface area (Å²) in [4.78, 5) is 0. The molecule has 0 aromatic rings. The lowest BCUT2D eigenvalue weighted by molar-refractivity contribution is 0.584. The van der Waals surface area contributed by atoms with E-state index in [1.807, 2.05) is 0 Å². The van der Waals surface area contributed by atoms with Gasteiger partial charge in [-0.15, -0.1) is 0 Å². The first-order chi connectivity index (χ1) is 6.54. The van der Waals surface area contributed by atoms with Crippen molar-refractivity contribution in [2.24, 2.45) is 0 Å². The van der Waals surface area contributed by atoms with Crippen LogP contribution in [0, 0.1) is 0 Å². The third-order valence-corrected chi connectivity index (χ3v) is 1.61. The van der Waals surface area contributed by atoms with Gasteiger partial charge in [-0.25, -0.2) is 0 Å². The van der Waals surface area contributed by atoms with Gasteiger partial charge < -0.3 is 10.6 Å². The summed E-state index contributed by atoms with van der Waals surface area (Å²) in [7, 11) is 0. The molecule has 0 unspecified atom stereocenters. The van der Waals surface area contributed by atoms with Gasteiger partial charge in [0.05, 0.1) is 0 Å². The molecule has 2 N–H and O–H groups in total. The van der Waals surface area contributed by atoms with Gasteiger partial charge in [0.25, 0.3) is 0 Å². The molecule has 2 nitrogen and oxygen atoms in total. The van der Waals surface area contributed by atoms with Crippen LogP contribution in [-0.2, 0) is 0 Å². The minimum atomic E-state index is 0.653. The topological polar surface area (TPSA) is 24.1 Å². The highest BCUT2D eigenvalue weighted by atomic mass is 14.9. The summed E-state index contributed by atoms with van der Waals surface area (Å²) < 4.78 is 0. The van der Waals surface area contributed by atoms with Crippen molar-refractivity contribution in [1.82, 2.24) is 10.6 Å². The Morgan fingerprint density at radius 3 is 1.07 bits per heavy atom. The summed E-state index contributed by atoms with van der Waals surface area (Å²) in [6.45, 7) is 15.3. The van der Waals surface area contributed by atoms with Crippen molar-refractivity contribution in [2.75, 3.05) is 13.1 Å². The van der Waals surface area contributed by atoms with Gasteiger partial charge in [-0.05, 0) is 25.9 Å². The van der Waals surface area contributed by atoms with Crippen LogP contribution in [-0.4, -0.2) is 25.2 Å². The molecule has 0 rings (SSSR count). The van der Waals surface area contributed by atoms with Gasteiger partial charge in [-0.2, -0.15) is 0 Å². The molecular weight excluding hydrogens is 172 g/mol. The predicted octanol–water partition coefficient (Wildman–Crippen LogP) is 2.79. The fourth-order valence-corrected chi connectivity index (χ4v) is 0.866. The van der Waals surface area contributed by atoms with Crippen LogP contribution in [0.2, 0.25) is 0 Å². The Kier molecular flexibility index (Phi) is 15.1. The van der Waals surface area contributed by atoms with Gasteiger partial charge in [-0.3, -0.25) is 0 Å². The molecule has 0 aliphatic heterocycles. The van der Waals surface area contributed by atoms with Crippen LogP contribution >= 0.6 is 0 Å². The average molecular weight is 202 g/mol. The largest absolute Gasteiger partial charge is 0.315 e. The van der Waals surface area contributed by atoms with Crippen LogP contribution in [0.1, 0.15) is 54.4 Å². The average Bonchev–Trinajstić information content (AvgIpc) is 2.12. The molecule has 0 radical (unpaired) electrons. The molecule has 0 atom stereocenters. The Labute approximate surface area is 90.9 Å². The summed E-state index contributed by atoms with van der Waals surface area (Å²) in [6, 6.07) is 1.31. The van der Waals surface area contributed by atoms with Crippen molar-refractivity contribution in [3.05, 3.63) is 0 Å². The first-order valence-electron chi connectivity index (χ1n) is 6.01. The SMILES string of the molecule is CCCNC(C)C.CCCNC(C)C. The minimum absolute atomic E-state index is 0.653. The van der Waals surface area contributed by atoms with E-state index >= 15 is 0 Å². The van der Waals surface area contributed by atoms with Gasteiger partial charge in [0, 0.05) is 12.1 Å². The van der Waals surface area contributed by atoms with E-state index in [0.29, 0.717) is 12.1 Å². The van der Waals surface area contributed by atoms with Crippen molar-refractivity contribution < 1.29 is 0 Å². The maximum absolute atomic E-state index is 3.30. The summed E-state index contributed by atoms with van der Waals surface area (Å²) in [5, 5.41) is 6.59. The lowest BCUT2D eigenvalue weighted by Crippen LogP contribution is -2.22. The van der Waals surface area contributed by atoms with E-state index in [9.17, 15) is 0 Å². The van der Waals surface area contributed by atoms with E-state index in [0.717, 1.165) is 13.1 Å². The van der Waals surface area contributed by atoms with E-state index in [2.05, 4.69) is 52.2 Å². The minimum Gasteiger partial charge on any atom is -0.315 e. The van der Waals surface area contributed by atoms with E-state index < -0.39 is 0 Å². The van der Waals surface area contributed by atoms with Crippen LogP contribution < -0.4 is 10.6 Å². The molecule has 0 aliphatic carbocycles. The molecule has 0 bridgehead atoms. The highest BCUT2D eigenvalue weighted by Gasteiger charge is 1.86. The zero-order valence-corrected chi connectivity index (χ0v) is 11.0. The predicted molar refractivity (Wildman–Crippen MR) is 66.9 cm³/mol. The second-order valence-corrected chi connectivity index (χ2v) is 4.22. The Bertz CT molecular complexity index is 78.3. The summed E-state index contributed by atoms with van der Waals surface area (Å²) >= 11 is 0. The molecule has 0 aromatic carbocycles. The van der Waals surface area contributed by atoms with Crippen molar-refractivity contribution in [1.29, 1.82) is 0 Å². The second kappa shape index (κ2) is 12.9. The molecule has 88 valence electrons. The molecule has 0 amide bonds. The van der Waals surface area contributed by atoms with E-state index in [1.165, 1.54) is 12.8 Å². The quantitative estimate of drug-likeness (QED) is 0.692. The smallest absolute Gasteiger partial charge is 0.00103 e. The zero-order chi connectivity index (χ0) is 11.4. The van der Waals surface area contributed by atoms with Crippen LogP contribution in [0.15, 0.2) is 0 Å². The highest BCUT2D eigenvalue weighted by Crippen LogP contribution is 1.76. The first-order valence-corrected chi connectivity index (χ1v) is 6.01. The van der Waals surface area contributed by atoms with Gasteiger partial charge in [0.1, 0.15) is 0 Å². The van der Waals surface area contributed by atoms with E-state index in [1.54, 1.807) is 0 Å². The Hall–Kier alpha value is -0.0800. The molecule has 0 saturated heterocycles. The monoisotopic (exact) mass is 202 g/mol. The van der Waals surface area contributed by atoms with Crippen LogP contribution in [0.25, 0.3) is 0 Å². The number of nitrogens with one attached hydrogen (secondary N) is 2. The lowest BCUT2D eigenvalue weighted by Gasteiger charge is -2.03. The standard InChI is InChI=1S/2C6H15N/c2*1-4-5-7-6(2)3/h2*6-7H,4-5H2,1-3H3. The normalized spacial score (nSPS) is 10.3. The Morgan fingerprint density at radius 1 is 0.714 bits per heavy atom. The molecule has 2 heteroatoms. The summed E-state index contributed by atoms with van der Waals surface area (Å²) in [6.07, 6.45) is 2.47. The van der Waals surface area contributed by atoms with Gasteiger partial charge >= 0.3 is 0 Å². The van der Waals surface area contributed by atoms with Crippen LogP contribution in [0.4, 0.5) is 0 Å². The number of rotatable bonds is 6. The first kappa shape index (κ1) is 16.4. The van der Waals surface area contributed by atoms with Crippen molar-refractivity contribution in [2.45, 2.75) is 66.5 Å². The van der Waals surface area contributed by atoms with E-state index in [-0.39, 0.29) is 0 Å². The fraction of sp³-hybridized carbons (Fsp3) is 1.00. The number of hydrogen-bond acceptors (Lipinski definition) is 2. The third-order valence-electron chi connectivity index (χ3n) is 1.61. The molecular formula is C12H30N2. The van der Waals surface area contributed by atoms with Gasteiger partial charge in [0.2, 0.25) is 0 Å². The molecule has 0 fully saturated rings.